The quantitative estimate of drug-likeness (QED) is 0.740. The zero-order chi connectivity index (χ0) is 14.3. The molecule has 0 amide bonds. The van der Waals surface area contributed by atoms with Crippen LogP contribution in [0.2, 0.25) is 0 Å². The number of benzene rings is 1. The Labute approximate surface area is 111 Å². The molecule has 4 nitrogen and oxygen atoms in total. The first-order valence-electron chi connectivity index (χ1n) is 6.02. The summed E-state index contributed by atoms with van der Waals surface area (Å²) in [7, 11) is 2.90. The van der Waals surface area contributed by atoms with Gasteiger partial charge in [-0.3, -0.25) is 0 Å². The highest BCUT2D eigenvalue weighted by Gasteiger charge is 2.15. The number of nitrogens with one attached hydrogen (secondary N) is 1. The molecule has 6 heteroatoms. The van der Waals surface area contributed by atoms with Crippen LogP contribution in [0.25, 0.3) is 0 Å². The van der Waals surface area contributed by atoms with Crippen LogP contribution in [0.1, 0.15) is 12.5 Å². The van der Waals surface area contributed by atoms with Gasteiger partial charge in [0.15, 0.2) is 11.5 Å². The summed E-state index contributed by atoms with van der Waals surface area (Å²) in [5.41, 5.74) is 0.877. The highest BCUT2D eigenvalue weighted by molar-refractivity contribution is 5.50. The largest absolute Gasteiger partial charge is 0.496 e. The van der Waals surface area contributed by atoms with E-state index in [1.807, 2.05) is 6.92 Å². The average molecular weight is 275 g/mol. The van der Waals surface area contributed by atoms with E-state index in [2.05, 4.69) is 10.1 Å². The van der Waals surface area contributed by atoms with E-state index < -0.39 is 6.61 Å². The standard InChI is InChI=1S/C13H19F2NO3/c1-4-16-6-5-9-7-11(18-3)12(19-13(14)15)8-10(9)17-2/h7-8,13,16H,4-6H2,1-3H3. The molecular weight excluding hydrogens is 256 g/mol. The Kier molecular flexibility index (Phi) is 6.35. The Hall–Kier alpha value is -1.56. The van der Waals surface area contributed by atoms with Crippen molar-refractivity contribution < 1.29 is 23.0 Å². The van der Waals surface area contributed by atoms with E-state index in [0.717, 1.165) is 18.7 Å². The Balaban J connectivity index is 2.97. The van der Waals surface area contributed by atoms with Crippen LogP contribution >= 0.6 is 0 Å². The molecule has 1 N–H and O–H groups in total. The second-order valence-corrected chi connectivity index (χ2v) is 3.80. The fourth-order valence-corrected chi connectivity index (χ4v) is 1.72. The fourth-order valence-electron chi connectivity index (χ4n) is 1.72. The van der Waals surface area contributed by atoms with Crippen molar-refractivity contribution in [3.8, 4) is 17.2 Å². The van der Waals surface area contributed by atoms with Gasteiger partial charge < -0.3 is 19.5 Å². The molecular formula is C13H19F2NO3. The van der Waals surface area contributed by atoms with E-state index in [9.17, 15) is 8.78 Å². The molecule has 0 fully saturated rings. The second-order valence-electron chi connectivity index (χ2n) is 3.80. The van der Waals surface area contributed by atoms with Gasteiger partial charge in [0.25, 0.3) is 0 Å². The zero-order valence-electron chi connectivity index (χ0n) is 11.3. The molecule has 0 saturated heterocycles. The molecule has 0 spiro atoms. The Morgan fingerprint density at radius 3 is 2.32 bits per heavy atom. The van der Waals surface area contributed by atoms with Crippen molar-refractivity contribution in [2.75, 3.05) is 27.3 Å². The molecule has 0 aromatic heterocycles. The molecule has 0 saturated carbocycles. The van der Waals surface area contributed by atoms with Gasteiger partial charge in [0, 0.05) is 6.07 Å². The van der Waals surface area contributed by atoms with Crippen LogP contribution < -0.4 is 19.5 Å². The number of halogens is 2. The van der Waals surface area contributed by atoms with Crippen LogP contribution in [0.15, 0.2) is 12.1 Å². The van der Waals surface area contributed by atoms with Crippen molar-refractivity contribution >= 4 is 0 Å². The summed E-state index contributed by atoms with van der Waals surface area (Å²) >= 11 is 0. The summed E-state index contributed by atoms with van der Waals surface area (Å²) in [5, 5.41) is 3.18. The third-order valence-corrected chi connectivity index (χ3v) is 2.60. The van der Waals surface area contributed by atoms with E-state index in [1.165, 1.54) is 20.3 Å². The number of likely N-dealkylation sites (N-methyl/N-ethyl adjacent to an activating group) is 1. The van der Waals surface area contributed by atoms with Crippen molar-refractivity contribution in [1.82, 2.24) is 5.32 Å². The van der Waals surface area contributed by atoms with Crippen molar-refractivity contribution in [3.05, 3.63) is 17.7 Å². The van der Waals surface area contributed by atoms with E-state index >= 15 is 0 Å². The highest BCUT2D eigenvalue weighted by atomic mass is 19.3. The number of alkyl halides is 2. The average Bonchev–Trinajstić information content (AvgIpc) is 2.39. The SMILES string of the molecule is CCNCCc1cc(OC)c(OC(F)F)cc1OC. The third kappa shape index (κ3) is 4.55. The van der Waals surface area contributed by atoms with Crippen LogP contribution in [0, 0.1) is 0 Å². The van der Waals surface area contributed by atoms with Gasteiger partial charge in [-0.15, -0.1) is 0 Å². The lowest BCUT2D eigenvalue weighted by Gasteiger charge is -2.15. The third-order valence-electron chi connectivity index (χ3n) is 2.60. The summed E-state index contributed by atoms with van der Waals surface area (Å²) in [6.45, 7) is 0.750. The number of methoxy groups -OCH3 is 2. The van der Waals surface area contributed by atoms with Crippen molar-refractivity contribution in [3.63, 3.8) is 0 Å². The van der Waals surface area contributed by atoms with Gasteiger partial charge in [0.1, 0.15) is 5.75 Å². The minimum absolute atomic E-state index is 0.0263. The van der Waals surface area contributed by atoms with Crippen molar-refractivity contribution in [2.45, 2.75) is 20.0 Å². The maximum absolute atomic E-state index is 12.3. The first-order chi connectivity index (χ1) is 9.12. The Morgan fingerprint density at radius 1 is 1.11 bits per heavy atom. The summed E-state index contributed by atoms with van der Waals surface area (Å²) in [5.74, 6) is 0.753. The molecule has 0 aliphatic heterocycles. The first kappa shape index (κ1) is 15.5. The summed E-state index contributed by atoms with van der Waals surface area (Å²) in [6.07, 6.45) is 0.711. The van der Waals surface area contributed by atoms with Crippen LogP contribution in [-0.4, -0.2) is 33.9 Å². The maximum atomic E-state index is 12.3. The smallest absolute Gasteiger partial charge is 0.387 e. The molecule has 0 heterocycles. The molecule has 0 atom stereocenters. The van der Waals surface area contributed by atoms with Gasteiger partial charge in [0.2, 0.25) is 0 Å². The van der Waals surface area contributed by atoms with E-state index in [0.29, 0.717) is 12.2 Å². The molecule has 108 valence electrons. The van der Waals surface area contributed by atoms with Gasteiger partial charge in [-0.1, -0.05) is 6.92 Å². The van der Waals surface area contributed by atoms with Crippen molar-refractivity contribution in [2.24, 2.45) is 0 Å². The lowest BCUT2D eigenvalue weighted by Crippen LogP contribution is -2.16. The first-order valence-corrected chi connectivity index (χ1v) is 6.02. The van der Waals surface area contributed by atoms with Crippen molar-refractivity contribution in [1.29, 1.82) is 0 Å². The summed E-state index contributed by atoms with van der Waals surface area (Å²) < 4.78 is 39.2. The number of hydrogen-bond acceptors (Lipinski definition) is 4. The monoisotopic (exact) mass is 275 g/mol. The van der Waals surface area contributed by atoms with Gasteiger partial charge in [0.05, 0.1) is 14.2 Å². The predicted molar refractivity (Wildman–Crippen MR) is 68.4 cm³/mol. The van der Waals surface area contributed by atoms with Gasteiger partial charge in [-0.25, -0.2) is 0 Å². The molecule has 0 unspecified atom stereocenters. The Bertz CT molecular complexity index is 400. The lowest BCUT2D eigenvalue weighted by atomic mass is 10.1. The predicted octanol–water partition coefficient (Wildman–Crippen LogP) is 2.46. The molecule has 0 radical (unpaired) electrons. The topological polar surface area (TPSA) is 39.7 Å². The molecule has 1 aromatic rings. The summed E-state index contributed by atoms with van der Waals surface area (Å²) in [6, 6.07) is 3.08. The normalized spacial score (nSPS) is 10.6. The molecule has 1 rings (SSSR count). The maximum Gasteiger partial charge on any atom is 0.387 e. The van der Waals surface area contributed by atoms with E-state index in [-0.39, 0.29) is 11.5 Å². The molecule has 0 bridgehead atoms. The van der Waals surface area contributed by atoms with Crippen LogP contribution in [0.4, 0.5) is 8.78 Å². The fraction of sp³-hybridized carbons (Fsp3) is 0.538. The van der Waals surface area contributed by atoms with Crippen LogP contribution in [0.5, 0.6) is 17.2 Å². The van der Waals surface area contributed by atoms with E-state index in [1.54, 1.807) is 6.07 Å². The van der Waals surface area contributed by atoms with E-state index in [4.69, 9.17) is 9.47 Å². The highest BCUT2D eigenvalue weighted by Crippen LogP contribution is 2.35. The van der Waals surface area contributed by atoms with Gasteiger partial charge in [-0.05, 0) is 31.1 Å². The minimum atomic E-state index is -2.90. The number of ether oxygens (including phenoxy) is 3. The number of rotatable bonds is 8. The van der Waals surface area contributed by atoms with Crippen LogP contribution in [0.3, 0.4) is 0 Å². The van der Waals surface area contributed by atoms with Crippen LogP contribution in [-0.2, 0) is 6.42 Å². The second kappa shape index (κ2) is 7.78. The molecule has 19 heavy (non-hydrogen) atoms. The number of hydrogen-bond donors (Lipinski definition) is 1. The summed E-state index contributed by atoms with van der Waals surface area (Å²) in [4.78, 5) is 0. The molecule has 0 aliphatic rings. The zero-order valence-corrected chi connectivity index (χ0v) is 11.3. The molecule has 1 aromatic carbocycles. The van der Waals surface area contributed by atoms with Gasteiger partial charge >= 0.3 is 6.61 Å². The molecule has 0 aliphatic carbocycles. The minimum Gasteiger partial charge on any atom is -0.496 e. The lowest BCUT2D eigenvalue weighted by molar-refractivity contribution is -0.0513. The van der Waals surface area contributed by atoms with Gasteiger partial charge in [-0.2, -0.15) is 8.78 Å². The Morgan fingerprint density at radius 2 is 1.79 bits per heavy atom.